The molecule has 5 heteroatoms. The SMILES string of the molecule is COOC[C@@H]([NH3+])COC(C)=O. The highest BCUT2D eigenvalue weighted by molar-refractivity contribution is 5.65. The molecule has 0 radical (unpaired) electrons. The van der Waals surface area contributed by atoms with Crippen molar-refractivity contribution in [3.8, 4) is 0 Å². The second kappa shape index (κ2) is 6.09. The number of rotatable bonds is 5. The minimum absolute atomic E-state index is 0.0844. The lowest BCUT2D eigenvalue weighted by Crippen LogP contribution is -2.65. The maximum Gasteiger partial charge on any atom is 0.302 e. The maximum absolute atomic E-state index is 10.3. The van der Waals surface area contributed by atoms with E-state index in [1.807, 2.05) is 0 Å². The highest BCUT2D eigenvalue weighted by Gasteiger charge is 2.07. The Kier molecular flexibility index (Phi) is 5.73. The third kappa shape index (κ3) is 7.24. The Labute approximate surface area is 65.3 Å². The molecule has 66 valence electrons. The summed E-state index contributed by atoms with van der Waals surface area (Å²) in [7, 11) is 1.42. The van der Waals surface area contributed by atoms with Crippen LogP contribution in [0.15, 0.2) is 0 Å². The van der Waals surface area contributed by atoms with E-state index in [9.17, 15) is 4.79 Å². The number of quaternary nitrogens is 1. The Bertz CT molecular complexity index is 117. The van der Waals surface area contributed by atoms with Crippen LogP contribution in [0.1, 0.15) is 6.92 Å². The average Bonchev–Trinajstić information content (AvgIpc) is 1.97. The Morgan fingerprint density at radius 1 is 1.55 bits per heavy atom. The molecule has 11 heavy (non-hydrogen) atoms. The Hall–Kier alpha value is -0.650. The van der Waals surface area contributed by atoms with Gasteiger partial charge in [-0.25, -0.2) is 9.78 Å². The molecule has 0 aliphatic heterocycles. The highest BCUT2D eigenvalue weighted by atomic mass is 17.2. The van der Waals surface area contributed by atoms with Crippen molar-refractivity contribution < 1.29 is 25.0 Å². The molecule has 0 rings (SSSR count). The fourth-order valence-electron chi connectivity index (χ4n) is 0.448. The van der Waals surface area contributed by atoms with Gasteiger partial charge in [0, 0.05) is 6.92 Å². The number of esters is 1. The van der Waals surface area contributed by atoms with Crippen molar-refractivity contribution in [1.82, 2.24) is 0 Å². The van der Waals surface area contributed by atoms with Crippen molar-refractivity contribution in [1.29, 1.82) is 0 Å². The molecule has 0 saturated carbocycles. The van der Waals surface area contributed by atoms with Crippen molar-refractivity contribution in [2.45, 2.75) is 13.0 Å². The van der Waals surface area contributed by atoms with Gasteiger partial charge in [-0.3, -0.25) is 4.79 Å². The van der Waals surface area contributed by atoms with Crippen LogP contribution in [0.5, 0.6) is 0 Å². The predicted octanol–water partition coefficient (Wildman–Crippen LogP) is -1.26. The molecule has 0 unspecified atom stereocenters. The van der Waals surface area contributed by atoms with Gasteiger partial charge in [0.25, 0.3) is 0 Å². The van der Waals surface area contributed by atoms with Gasteiger partial charge in [-0.15, -0.1) is 0 Å². The van der Waals surface area contributed by atoms with Gasteiger partial charge >= 0.3 is 5.97 Å². The number of carbonyl (C=O) groups excluding carboxylic acids is 1. The summed E-state index contributed by atoms with van der Waals surface area (Å²) in [5, 5.41) is 0. The Morgan fingerprint density at radius 2 is 2.18 bits per heavy atom. The summed E-state index contributed by atoms with van der Waals surface area (Å²) in [5.41, 5.74) is 3.67. The zero-order chi connectivity index (χ0) is 8.69. The highest BCUT2D eigenvalue weighted by Crippen LogP contribution is 1.83. The molecule has 0 spiro atoms. The van der Waals surface area contributed by atoms with Crippen molar-refractivity contribution >= 4 is 5.97 Å². The topological polar surface area (TPSA) is 72.4 Å². The summed E-state index contributed by atoms with van der Waals surface area (Å²) in [5.74, 6) is -0.309. The zero-order valence-corrected chi connectivity index (χ0v) is 6.83. The first kappa shape index (κ1) is 10.3. The molecule has 0 aliphatic rings. The van der Waals surface area contributed by atoms with Gasteiger partial charge in [0.05, 0.1) is 7.11 Å². The van der Waals surface area contributed by atoms with E-state index < -0.39 is 0 Å². The van der Waals surface area contributed by atoms with E-state index in [1.165, 1.54) is 14.0 Å². The van der Waals surface area contributed by atoms with Crippen LogP contribution in [-0.4, -0.2) is 32.3 Å². The van der Waals surface area contributed by atoms with Crippen molar-refractivity contribution in [3.63, 3.8) is 0 Å². The van der Waals surface area contributed by atoms with E-state index in [1.54, 1.807) is 0 Å². The lowest BCUT2D eigenvalue weighted by Gasteiger charge is -2.06. The summed E-state index contributed by atoms with van der Waals surface area (Å²) in [6, 6.07) is -0.0844. The summed E-state index contributed by atoms with van der Waals surface area (Å²) in [4.78, 5) is 19.2. The number of carbonyl (C=O) groups is 1. The summed E-state index contributed by atoms with van der Waals surface area (Å²) in [6.45, 7) is 1.94. The molecule has 0 fully saturated rings. The van der Waals surface area contributed by atoms with Crippen LogP contribution in [-0.2, 0) is 19.3 Å². The van der Waals surface area contributed by atoms with Gasteiger partial charge in [0.2, 0.25) is 0 Å². The van der Waals surface area contributed by atoms with Crippen LogP contribution in [0, 0.1) is 0 Å². The quantitative estimate of drug-likeness (QED) is 0.312. The minimum atomic E-state index is -0.309. The van der Waals surface area contributed by atoms with E-state index in [-0.39, 0.29) is 18.6 Å². The van der Waals surface area contributed by atoms with E-state index in [0.29, 0.717) is 6.61 Å². The normalized spacial score (nSPS) is 12.6. The van der Waals surface area contributed by atoms with Gasteiger partial charge in [-0.05, 0) is 0 Å². The fourth-order valence-corrected chi connectivity index (χ4v) is 0.448. The van der Waals surface area contributed by atoms with Gasteiger partial charge in [0.1, 0.15) is 19.3 Å². The van der Waals surface area contributed by atoms with Crippen LogP contribution in [0.4, 0.5) is 0 Å². The molecule has 5 nitrogen and oxygen atoms in total. The monoisotopic (exact) mass is 164 g/mol. The first-order chi connectivity index (χ1) is 5.16. The number of ether oxygens (including phenoxy) is 1. The molecule has 0 heterocycles. The third-order valence-electron chi connectivity index (χ3n) is 0.944. The fraction of sp³-hybridized carbons (Fsp3) is 0.833. The molecular weight excluding hydrogens is 150 g/mol. The standard InChI is InChI=1S/C6H13NO4/c1-5(8)10-3-6(7)4-11-9-2/h6H,3-4,7H2,1-2H3/p+1/t6-/m0/s1. The van der Waals surface area contributed by atoms with Gasteiger partial charge in [-0.2, -0.15) is 0 Å². The lowest BCUT2D eigenvalue weighted by molar-refractivity contribution is -0.450. The Morgan fingerprint density at radius 3 is 2.64 bits per heavy atom. The first-order valence-electron chi connectivity index (χ1n) is 3.29. The summed E-state index contributed by atoms with van der Waals surface area (Å²) in [6.07, 6.45) is 0. The lowest BCUT2D eigenvalue weighted by atomic mass is 10.4. The number of hydrogen-bond donors (Lipinski definition) is 1. The zero-order valence-electron chi connectivity index (χ0n) is 6.83. The smallest absolute Gasteiger partial charge is 0.302 e. The molecule has 0 aromatic carbocycles. The largest absolute Gasteiger partial charge is 0.459 e. The van der Waals surface area contributed by atoms with E-state index >= 15 is 0 Å². The molecule has 3 N–H and O–H groups in total. The van der Waals surface area contributed by atoms with E-state index in [4.69, 9.17) is 0 Å². The molecular formula is C6H14NO4+. The molecule has 0 aliphatic carbocycles. The maximum atomic E-state index is 10.3. The van der Waals surface area contributed by atoms with Crippen molar-refractivity contribution in [3.05, 3.63) is 0 Å². The van der Waals surface area contributed by atoms with E-state index in [0.717, 1.165) is 0 Å². The van der Waals surface area contributed by atoms with Crippen LogP contribution >= 0.6 is 0 Å². The minimum Gasteiger partial charge on any atom is -0.459 e. The Balaban J connectivity index is 3.22. The van der Waals surface area contributed by atoms with Gasteiger partial charge < -0.3 is 10.5 Å². The average molecular weight is 164 g/mol. The van der Waals surface area contributed by atoms with Crippen molar-refractivity contribution in [2.24, 2.45) is 0 Å². The van der Waals surface area contributed by atoms with Gasteiger partial charge in [0.15, 0.2) is 0 Å². The summed E-state index contributed by atoms with van der Waals surface area (Å²) < 4.78 is 4.66. The second-order valence-electron chi connectivity index (χ2n) is 2.12. The third-order valence-corrected chi connectivity index (χ3v) is 0.944. The predicted molar refractivity (Wildman–Crippen MR) is 36.3 cm³/mol. The summed E-state index contributed by atoms with van der Waals surface area (Å²) >= 11 is 0. The second-order valence-corrected chi connectivity index (χ2v) is 2.12. The van der Waals surface area contributed by atoms with Gasteiger partial charge in [-0.1, -0.05) is 0 Å². The molecule has 0 aromatic heterocycles. The van der Waals surface area contributed by atoms with Crippen molar-refractivity contribution in [2.75, 3.05) is 20.3 Å². The molecule has 0 aromatic rings. The molecule has 0 bridgehead atoms. The van der Waals surface area contributed by atoms with Crippen LogP contribution in [0.25, 0.3) is 0 Å². The molecule has 0 saturated heterocycles. The molecule has 1 atom stereocenters. The first-order valence-corrected chi connectivity index (χ1v) is 3.29. The number of hydrogen-bond acceptors (Lipinski definition) is 4. The van der Waals surface area contributed by atoms with E-state index in [2.05, 4.69) is 20.2 Å². The van der Waals surface area contributed by atoms with Crippen LogP contribution in [0.3, 0.4) is 0 Å². The van der Waals surface area contributed by atoms with Crippen LogP contribution < -0.4 is 5.73 Å². The molecule has 0 amide bonds. The van der Waals surface area contributed by atoms with Crippen LogP contribution in [0.2, 0.25) is 0 Å².